The van der Waals surface area contributed by atoms with Crippen LogP contribution in [0.4, 0.5) is 0 Å². The summed E-state index contributed by atoms with van der Waals surface area (Å²) in [6.07, 6.45) is 1.46. The van der Waals surface area contributed by atoms with E-state index in [-0.39, 0.29) is 12.0 Å². The highest BCUT2D eigenvalue weighted by Crippen LogP contribution is 2.34. The number of thiazole rings is 1. The van der Waals surface area contributed by atoms with Crippen LogP contribution < -0.4 is 0 Å². The van der Waals surface area contributed by atoms with E-state index in [9.17, 15) is 14.7 Å². The Balaban J connectivity index is 2.33. The van der Waals surface area contributed by atoms with Gasteiger partial charge in [0.2, 0.25) is 0 Å². The van der Waals surface area contributed by atoms with Gasteiger partial charge < -0.3 is 10.2 Å². The van der Waals surface area contributed by atoms with E-state index in [0.717, 1.165) is 11.8 Å². The molecule has 2 aromatic heterocycles. The van der Waals surface area contributed by atoms with Gasteiger partial charge in [-0.1, -0.05) is 0 Å². The van der Waals surface area contributed by atoms with E-state index in [1.54, 1.807) is 26.1 Å². The molecule has 0 atom stereocenters. The smallest absolute Gasteiger partial charge is 0.338 e. The molecule has 21 heavy (non-hydrogen) atoms. The Morgan fingerprint density at radius 1 is 1.33 bits per heavy atom. The van der Waals surface area contributed by atoms with Gasteiger partial charge in [-0.15, -0.1) is 11.3 Å². The molecule has 0 saturated carbocycles. The molecule has 0 fully saturated rings. The predicted molar refractivity (Wildman–Crippen MR) is 78.2 cm³/mol. The van der Waals surface area contributed by atoms with E-state index in [4.69, 9.17) is 5.11 Å². The molecule has 2 rings (SSSR count). The molecule has 110 valence electrons. The monoisotopic (exact) mass is 324 g/mol. The van der Waals surface area contributed by atoms with Gasteiger partial charge in [0.05, 0.1) is 17.7 Å². The molecule has 0 unspecified atom stereocenters. The quantitative estimate of drug-likeness (QED) is 0.872. The van der Waals surface area contributed by atoms with Gasteiger partial charge in [-0.3, -0.25) is 4.79 Å². The van der Waals surface area contributed by atoms with E-state index in [1.807, 2.05) is 0 Å². The first-order valence-electron chi connectivity index (χ1n) is 5.93. The number of hydrogen-bond donors (Lipinski definition) is 2. The molecule has 0 aliphatic heterocycles. The standard InChI is InChI=1S/C13H12N2O4S2/c1-6-3-4-14-11(10(6)12(18)19)21-13-15-7(2)8(20-13)5-9(16)17/h3-4H,5H2,1-2H3,(H,16,17)(H,18,19). The Labute approximate surface area is 128 Å². The lowest BCUT2D eigenvalue weighted by atomic mass is 10.2. The third kappa shape index (κ3) is 3.59. The number of nitrogens with zero attached hydrogens (tertiary/aromatic N) is 2. The predicted octanol–water partition coefficient (Wildman–Crippen LogP) is 2.63. The maximum Gasteiger partial charge on any atom is 0.338 e. The molecule has 0 aliphatic carbocycles. The molecule has 2 heterocycles. The van der Waals surface area contributed by atoms with Crippen LogP contribution in [0, 0.1) is 13.8 Å². The Kier molecular flexibility index (Phi) is 4.59. The summed E-state index contributed by atoms with van der Waals surface area (Å²) in [4.78, 5) is 31.1. The highest BCUT2D eigenvalue weighted by atomic mass is 32.2. The summed E-state index contributed by atoms with van der Waals surface area (Å²) in [5.74, 6) is -1.96. The molecule has 0 aliphatic rings. The third-order valence-electron chi connectivity index (χ3n) is 2.71. The van der Waals surface area contributed by atoms with Crippen LogP contribution in [-0.4, -0.2) is 32.1 Å². The zero-order chi connectivity index (χ0) is 15.6. The van der Waals surface area contributed by atoms with E-state index in [0.29, 0.717) is 25.5 Å². The van der Waals surface area contributed by atoms with Crippen molar-refractivity contribution in [3.63, 3.8) is 0 Å². The molecular formula is C13H12N2O4S2. The second-order valence-corrected chi connectivity index (χ2v) is 6.59. The summed E-state index contributed by atoms with van der Waals surface area (Å²) in [6, 6.07) is 1.64. The Morgan fingerprint density at radius 3 is 2.67 bits per heavy atom. The summed E-state index contributed by atoms with van der Waals surface area (Å²) in [5.41, 5.74) is 1.42. The second kappa shape index (κ2) is 6.23. The highest BCUT2D eigenvalue weighted by Gasteiger charge is 2.18. The summed E-state index contributed by atoms with van der Waals surface area (Å²) in [5, 5.41) is 18.4. The minimum Gasteiger partial charge on any atom is -0.481 e. The number of aliphatic carboxylic acids is 1. The number of aryl methyl sites for hydroxylation is 2. The summed E-state index contributed by atoms with van der Waals surface area (Å²) in [6.45, 7) is 3.44. The van der Waals surface area contributed by atoms with Crippen molar-refractivity contribution in [3.05, 3.63) is 34.0 Å². The Morgan fingerprint density at radius 2 is 2.05 bits per heavy atom. The lowest BCUT2D eigenvalue weighted by molar-refractivity contribution is -0.136. The average molecular weight is 324 g/mol. The van der Waals surface area contributed by atoms with Crippen LogP contribution in [0.2, 0.25) is 0 Å². The van der Waals surface area contributed by atoms with Crippen LogP contribution in [0.25, 0.3) is 0 Å². The topological polar surface area (TPSA) is 100 Å². The largest absolute Gasteiger partial charge is 0.481 e. The first-order chi connectivity index (χ1) is 9.88. The number of pyridine rings is 1. The Hall–Kier alpha value is -1.93. The minimum atomic E-state index is -1.04. The number of carboxylic acid groups (broad SMARTS) is 2. The molecule has 0 saturated heterocycles. The van der Waals surface area contributed by atoms with Crippen molar-refractivity contribution in [2.75, 3.05) is 0 Å². The van der Waals surface area contributed by atoms with E-state index >= 15 is 0 Å². The van der Waals surface area contributed by atoms with Gasteiger partial charge in [0.25, 0.3) is 0 Å². The first kappa shape index (κ1) is 15.5. The van der Waals surface area contributed by atoms with Gasteiger partial charge in [0.15, 0.2) is 4.34 Å². The van der Waals surface area contributed by atoms with Gasteiger partial charge in [-0.2, -0.15) is 0 Å². The van der Waals surface area contributed by atoms with Crippen molar-refractivity contribution in [3.8, 4) is 0 Å². The highest BCUT2D eigenvalue weighted by molar-refractivity contribution is 8.01. The number of carbonyl (C=O) groups is 2. The summed E-state index contributed by atoms with van der Waals surface area (Å²) in [7, 11) is 0. The van der Waals surface area contributed by atoms with E-state index in [2.05, 4.69) is 9.97 Å². The fourth-order valence-electron chi connectivity index (χ4n) is 1.70. The van der Waals surface area contributed by atoms with Gasteiger partial charge in [-0.05, 0) is 37.2 Å². The van der Waals surface area contributed by atoms with Crippen molar-refractivity contribution < 1.29 is 19.8 Å². The maximum absolute atomic E-state index is 11.3. The lowest BCUT2D eigenvalue weighted by Gasteiger charge is -2.05. The number of rotatable bonds is 5. The van der Waals surface area contributed by atoms with Crippen LogP contribution in [0.1, 0.15) is 26.5 Å². The van der Waals surface area contributed by atoms with Crippen molar-refractivity contribution in [1.82, 2.24) is 9.97 Å². The molecule has 0 bridgehead atoms. The number of aromatic nitrogens is 2. The number of hydrogen-bond acceptors (Lipinski definition) is 6. The molecule has 2 aromatic rings. The van der Waals surface area contributed by atoms with E-state index < -0.39 is 11.9 Å². The second-order valence-electron chi connectivity index (χ2n) is 4.27. The summed E-state index contributed by atoms with van der Waals surface area (Å²) < 4.78 is 0.587. The average Bonchev–Trinajstić information content (AvgIpc) is 2.68. The SMILES string of the molecule is Cc1ccnc(Sc2nc(C)c(CC(=O)O)s2)c1C(=O)O. The fraction of sp³-hybridized carbons (Fsp3) is 0.231. The molecule has 0 radical (unpaired) electrons. The molecule has 2 N–H and O–H groups in total. The molecule has 0 spiro atoms. The van der Waals surface area contributed by atoms with Crippen LogP contribution in [0.5, 0.6) is 0 Å². The van der Waals surface area contributed by atoms with Crippen LogP contribution in [-0.2, 0) is 11.2 Å². The van der Waals surface area contributed by atoms with Gasteiger partial charge in [-0.25, -0.2) is 14.8 Å². The minimum absolute atomic E-state index is 0.0862. The van der Waals surface area contributed by atoms with Gasteiger partial charge in [0.1, 0.15) is 5.03 Å². The fourth-order valence-corrected chi connectivity index (χ4v) is 4.00. The van der Waals surface area contributed by atoms with Crippen LogP contribution in [0.3, 0.4) is 0 Å². The van der Waals surface area contributed by atoms with Gasteiger partial charge in [0, 0.05) is 11.1 Å². The lowest BCUT2D eigenvalue weighted by Crippen LogP contribution is -2.03. The van der Waals surface area contributed by atoms with Crippen molar-refractivity contribution in [1.29, 1.82) is 0 Å². The first-order valence-corrected chi connectivity index (χ1v) is 7.56. The zero-order valence-electron chi connectivity index (χ0n) is 11.3. The third-order valence-corrected chi connectivity index (χ3v) is 4.93. The zero-order valence-corrected chi connectivity index (χ0v) is 12.9. The van der Waals surface area contributed by atoms with E-state index in [1.165, 1.54) is 11.3 Å². The van der Waals surface area contributed by atoms with Crippen LogP contribution in [0.15, 0.2) is 21.6 Å². The van der Waals surface area contributed by atoms with Crippen molar-refractivity contribution in [2.24, 2.45) is 0 Å². The van der Waals surface area contributed by atoms with Gasteiger partial charge >= 0.3 is 11.9 Å². The Bertz CT molecular complexity index is 712. The van der Waals surface area contributed by atoms with Crippen LogP contribution >= 0.6 is 23.1 Å². The van der Waals surface area contributed by atoms with Crippen molar-refractivity contribution >= 4 is 35.0 Å². The molecule has 0 amide bonds. The molecule has 0 aromatic carbocycles. The normalized spacial score (nSPS) is 10.6. The van der Waals surface area contributed by atoms with Crippen molar-refractivity contribution in [2.45, 2.75) is 29.6 Å². The number of carboxylic acids is 2. The summed E-state index contributed by atoms with van der Waals surface area (Å²) >= 11 is 2.39. The molecular weight excluding hydrogens is 312 g/mol. The number of aromatic carboxylic acids is 1. The molecule has 8 heteroatoms. The molecule has 6 nitrogen and oxygen atoms in total. The maximum atomic E-state index is 11.3.